The van der Waals surface area contributed by atoms with Crippen LogP contribution in [-0.2, 0) is 5.41 Å². The second-order valence-corrected chi connectivity index (χ2v) is 6.25. The summed E-state index contributed by atoms with van der Waals surface area (Å²) in [4.78, 5) is 1.38. The molecular formula is C14H23NS. The van der Waals surface area contributed by atoms with Gasteiger partial charge in [-0.2, -0.15) is 0 Å². The Morgan fingerprint density at radius 3 is 2.25 bits per heavy atom. The van der Waals surface area contributed by atoms with E-state index >= 15 is 0 Å². The third kappa shape index (κ3) is 4.58. The van der Waals surface area contributed by atoms with Crippen molar-refractivity contribution in [3.8, 4) is 0 Å². The molecular weight excluding hydrogens is 214 g/mol. The molecule has 0 aromatic heterocycles. The zero-order valence-electron chi connectivity index (χ0n) is 10.8. The molecule has 0 saturated heterocycles. The van der Waals surface area contributed by atoms with Crippen LogP contribution in [0.25, 0.3) is 0 Å². The first-order valence-electron chi connectivity index (χ1n) is 5.92. The van der Waals surface area contributed by atoms with Gasteiger partial charge in [-0.3, -0.25) is 0 Å². The molecule has 0 fully saturated rings. The van der Waals surface area contributed by atoms with Gasteiger partial charge >= 0.3 is 0 Å². The molecule has 0 amide bonds. The van der Waals surface area contributed by atoms with Crippen molar-refractivity contribution >= 4 is 11.8 Å². The summed E-state index contributed by atoms with van der Waals surface area (Å²) in [5.41, 5.74) is 1.67. The molecule has 1 nitrogen and oxygen atoms in total. The zero-order valence-corrected chi connectivity index (χ0v) is 11.7. The largest absolute Gasteiger partial charge is 0.320 e. The van der Waals surface area contributed by atoms with Gasteiger partial charge in [0, 0.05) is 4.90 Å². The van der Waals surface area contributed by atoms with Crippen LogP contribution in [0.5, 0.6) is 0 Å². The molecule has 0 aliphatic carbocycles. The molecule has 1 aromatic rings. The molecule has 1 aromatic carbocycles. The predicted molar refractivity (Wildman–Crippen MR) is 74.4 cm³/mol. The summed E-state index contributed by atoms with van der Waals surface area (Å²) < 4.78 is 0. The number of hydrogen-bond donors (Lipinski definition) is 1. The second kappa shape index (κ2) is 6.31. The second-order valence-electron chi connectivity index (χ2n) is 5.08. The summed E-state index contributed by atoms with van der Waals surface area (Å²) >= 11 is 1.94. The van der Waals surface area contributed by atoms with Crippen molar-refractivity contribution in [2.45, 2.75) is 37.5 Å². The van der Waals surface area contributed by atoms with E-state index in [4.69, 9.17) is 0 Å². The SMILES string of the molecule is CNCCCSc1ccc(C(C)(C)C)cc1. The lowest BCUT2D eigenvalue weighted by Gasteiger charge is -2.19. The van der Waals surface area contributed by atoms with Crippen molar-refractivity contribution in [3.05, 3.63) is 29.8 Å². The molecule has 1 N–H and O–H groups in total. The average molecular weight is 237 g/mol. The lowest BCUT2D eigenvalue weighted by molar-refractivity contribution is 0.590. The van der Waals surface area contributed by atoms with Gasteiger partial charge in [-0.15, -0.1) is 11.8 Å². The Bertz CT molecular complexity index is 298. The Labute approximate surface area is 104 Å². The van der Waals surface area contributed by atoms with E-state index in [1.807, 2.05) is 18.8 Å². The summed E-state index contributed by atoms with van der Waals surface area (Å²) in [6, 6.07) is 8.98. The fourth-order valence-corrected chi connectivity index (χ4v) is 2.34. The van der Waals surface area contributed by atoms with Crippen molar-refractivity contribution in [1.29, 1.82) is 0 Å². The molecule has 0 spiro atoms. The minimum Gasteiger partial charge on any atom is -0.320 e. The first-order chi connectivity index (χ1) is 7.54. The standard InChI is InChI=1S/C14H23NS/c1-14(2,3)12-6-8-13(9-7-12)16-11-5-10-15-4/h6-9,15H,5,10-11H2,1-4H3. The molecule has 0 aliphatic rings. The number of hydrogen-bond acceptors (Lipinski definition) is 2. The highest BCUT2D eigenvalue weighted by Gasteiger charge is 2.12. The van der Waals surface area contributed by atoms with Crippen LogP contribution in [-0.4, -0.2) is 19.3 Å². The quantitative estimate of drug-likeness (QED) is 0.619. The van der Waals surface area contributed by atoms with E-state index in [-0.39, 0.29) is 5.41 Å². The Morgan fingerprint density at radius 2 is 1.75 bits per heavy atom. The molecule has 0 unspecified atom stereocenters. The number of nitrogens with one attached hydrogen (secondary N) is 1. The third-order valence-corrected chi connectivity index (χ3v) is 3.66. The van der Waals surface area contributed by atoms with Crippen molar-refractivity contribution in [2.75, 3.05) is 19.3 Å². The monoisotopic (exact) mass is 237 g/mol. The van der Waals surface area contributed by atoms with Crippen LogP contribution in [0.2, 0.25) is 0 Å². The molecule has 0 aliphatic heterocycles. The van der Waals surface area contributed by atoms with E-state index in [0.29, 0.717) is 0 Å². The highest BCUT2D eigenvalue weighted by Crippen LogP contribution is 2.25. The third-order valence-electron chi connectivity index (χ3n) is 2.56. The van der Waals surface area contributed by atoms with E-state index in [0.717, 1.165) is 6.54 Å². The van der Waals surface area contributed by atoms with Crippen LogP contribution in [0, 0.1) is 0 Å². The minimum absolute atomic E-state index is 0.259. The van der Waals surface area contributed by atoms with Gasteiger partial charge in [0.2, 0.25) is 0 Å². The van der Waals surface area contributed by atoms with Gasteiger partial charge in [0.25, 0.3) is 0 Å². The van der Waals surface area contributed by atoms with Gasteiger partial charge in [0.1, 0.15) is 0 Å². The normalized spacial score (nSPS) is 11.8. The topological polar surface area (TPSA) is 12.0 Å². The number of benzene rings is 1. The molecule has 1 rings (SSSR count). The molecule has 2 heteroatoms. The van der Waals surface area contributed by atoms with E-state index in [1.165, 1.54) is 22.6 Å². The number of thioether (sulfide) groups is 1. The van der Waals surface area contributed by atoms with Gasteiger partial charge in [0.05, 0.1) is 0 Å². The molecule has 90 valence electrons. The molecule has 16 heavy (non-hydrogen) atoms. The van der Waals surface area contributed by atoms with Gasteiger partial charge in [-0.25, -0.2) is 0 Å². The lowest BCUT2D eigenvalue weighted by atomic mass is 9.87. The average Bonchev–Trinajstić information content (AvgIpc) is 2.24. The minimum atomic E-state index is 0.259. The van der Waals surface area contributed by atoms with Crippen LogP contribution >= 0.6 is 11.8 Å². The van der Waals surface area contributed by atoms with Crippen LogP contribution in [0.4, 0.5) is 0 Å². The maximum absolute atomic E-state index is 3.17. The number of rotatable bonds is 5. The van der Waals surface area contributed by atoms with Gasteiger partial charge in [0.15, 0.2) is 0 Å². The first-order valence-corrected chi connectivity index (χ1v) is 6.90. The van der Waals surface area contributed by atoms with Crippen LogP contribution in [0.15, 0.2) is 29.2 Å². The molecule has 0 saturated carbocycles. The smallest absolute Gasteiger partial charge is 0.00721 e. The first kappa shape index (κ1) is 13.6. The summed E-state index contributed by atoms with van der Waals surface area (Å²) in [6.07, 6.45) is 1.22. The predicted octanol–water partition coefficient (Wildman–Crippen LogP) is 3.69. The van der Waals surface area contributed by atoms with Crippen LogP contribution in [0.3, 0.4) is 0 Å². The lowest BCUT2D eigenvalue weighted by Crippen LogP contribution is -2.10. The van der Waals surface area contributed by atoms with Crippen LogP contribution < -0.4 is 5.32 Å². The summed E-state index contributed by atoms with van der Waals surface area (Å²) in [5.74, 6) is 1.19. The van der Waals surface area contributed by atoms with E-state index in [1.54, 1.807) is 0 Å². The Morgan fingerprint density at radius 1 is 1.12 bits per heavy atom. The molecule has 0 bridgehead atoms. The summed E-state index contributed by atoms with van der Waals surface area (Å²) in [5, 5.41) is 3.17. The van der Waals surface area contributed by atoms with Gasteiger partial charge in [-0.1, -0.05) is 32.9 Å². The van der Waals surface area contributed by atoms with E-state index in [9.17, 15) is 0 Å². The maximum Gasteiger partial charge on any atom is 0.00721 e. The fraction of sp³-hybridized carbons (Fsp3) is 0.571. The van der Waals surface area contributed by atoms with Crippen molar-refractivity contribution < 1.29 is 0 Å². The van der Waals surface area contributed by atoms with Gasteiger partial charge in [-0.05, 0) is 48.9 Å². The Kier molecular flexibility index (Phi) is 5.36. The highest BCUT2D eigenvalue weighted by atomic mass is 32.2. The molecule has 0 heterocycles. The van der Waals surface area contributed by atoms with Crippen molar-refractivity contribution in [2.24, 2.45) is 0 Å². The highest BCUT2D eigenvalue weighted by molar-refractivity contribution is 7.99. The van der Waals surface area contributed by atoms with Crippen molar-refractivity contribution in [1.82, 2.24) is 5.32 Å². The molecule has 0 atom stereocenters. The Hall–Kier alpha value is -0.470. The van der Waals surface area contributed by atoms with E-state index in [2.05, 4.69) is 50.4 Å². The maximum atomic E-state index is 3.17. The zero-order chi connectivity index (χ0) is 12.0. The molecule has 0 radical (unpaired) electrons. The van der Waals surface area contributed by atoms with Crippen molar-refractivity contribution in [3.63, 3.8) is 0 Å². The van der Waals surface area contributed by atoms with E-state index < -0.39 is 0 Å². The Balaban J connectivity index is 2.46. The summed E-state index contributed by atoms with van der Waals surface area (Å²) in [6.45, 7) is 7.86. The fourth-order valence-electron chi connectivity index (χ4n) is 1.49. The van der Waals surface area contributed by atoms with Crippen LogP contribution in [0.1, 0.15) is 32.8 Å². The summed E-state index contributed by atoms with van der Waals surface area (Å²) in [7, 11) is 2.00. The van der Waals surface area contributed by atoms with Gasteiger partial charge < -0.3 is 5.32 Å².